The van der Waals surface area contributed by atoms with Crippen LogP contribution in [0, 0.1) is 0 Å². The van der Waals surface area contributed by atoms with Crippen LogP contribution in [-0.4, -0.2) is 17.7 Å². The van der Waals surface area contributed by atoms with Crippen molar-refractivity contribution in [2.24, 2.45) is 11.5 Å². The molecular formula is C7H14N2O2. The standard InChI is InChI=1S/C6H10O.CH4N2O/c1-2-3-4-5-6-7;2-1(3)4/h2-5,7H,6H2,1H3;(H4,2,3,4)/b3-2+,5-4+;. The molecule has 5 N–H and O–H groups in total. The van der Waals surface area contributed by atoms with Crippen LogP contribution in [0.2, 0.25) is 0 Å². The number of urea groups is 1. The Labute approximate surface area is 66.2 Å². The minimum absolute atomic E-state index is 0.129. The summed E-state index contributed by atoms with van der Waals surface area (Å²) in [6, 6.07) is -0.833. The Morgan fingerprint density at radius 2 is 1.91 bits per heavy atom. The lowest BCUT2D eigenvalue weighted by Crippen LogP contribution is -2.18. The number of nitrogens with two attached hydrogens (primary N) is 2. The minimum Gasteiger partial charge on any atom is -0.392 e. The molecule has 2 amide bonds. The molecule has 0 fully saturated rings. The van der Waals surface area contributed by atoms with Crippen molar-refractivity contribution < 1.29 is 9.90 Å². The minimum atomic E-state index is -0.833. The number of rotatable bonds is 2. The van der Waals surface area contributed by atoms with Gasteiger partial charge < -0.3 is 16.6 Å². The first-order chi connectivity index (χ1) is 5.15. The van der Waals surface area contributed by atoms with Crippen LogP contribution >= 0.6 is 0 Å². The average molecular weight is 158 g/mol. The average Bonchev–Trinajstić information content (AvgIpc) is 1.88. The number of carbonyl (C=O) groups is 1. The molecule has 0 rings (SSSR count). The molecule has 0 radical (unpaired) electrons. The van der Waals surface area contributed by atoms with Crippen LogP contribution in [-0.2, 0) is 0 Å². The SMILES string of the molecule is C/C=C/C=C/CO.NC(N)=O. The Hall–Kier alpha value is -1.29. The van der Waals surface area contributed by atoms with E-state index in [2.05, 4.69) is 11.5 Å². The molecule has 0 aromatic carbocycles. The van der Waals surface area contributed by atoms with Crippen LogP contribution in [0.25, 0.3) is 0 Å². The summed E-state index contributed by atoms with van der Waals surface area (Å²) in [4.78, 5) is 9.00. The molecule has 64 valence electrons. The van der Waals surface area contributed by atoms with E-state index in [4.69, 9.17) is 9.90 Å². The number of amides is 2. The maximum absolute atomic E-state index is 9.00. The topological polar surface area (TPSA) is 89.3 Å². The molecule has 0 aromatic rings. The van der Waals surface area contributed by atoms with E-state index in [0.717, 1.165) is 0 Å². The van der Waals surface area contributed by atoms with Gasteiger partial charge in [-0.15, -0.1) is 0 Å². The predicted molar refractivity (Wildman–Crippen MR) is 44.8 cm³/mol. The molecule has 0 saturated heterocycles. The molecule has 4 heteroatoms. The van der Waals surface area contributed by atoms with E-state index in [0.29, 0.717) is 0 Å². The predicted octanol–water partition coefficient (Wildman–Crippen LogP) is 0.135. The summed E-state index contributed by atoms with van der Waals surface area (Å²) in [6.45, 7) is 2.06. The van der Waals surface area contributed by atoms with E-state index >= 15 is 0 Å². The fourth-order valence-electron chi connectivity index (χ4n) is 0.251. The van der Waals surface area contributed by atoms with Gasteiger partial charge in [-0.05, 0) is 6.92 Å². The quantitative estimate of drug-likeness (QED) is 0.499. The third kappa shape index (κ3) is 53.4. The second-order valence-electron chi connectivity index (χ2n) is 1.54. The van der Waals surface area contributed by atoms with E-state index in [9.17, 15) is 0 Å². The number of primary amides is 2. The Morgan fingerprint density at radius 3 is 2.18 bits per heavy atom. The highest BCUT2D eigenvalue weighted by Gasteiger charge is 1.60. The second-order valence-corrected chi connectivity index (χ2v) is 1.54. The summed E-state index contributed by atoms with van der Waals surface area (Å²) in [5, 5.41) is 8.17. The van der Waals surface area contributed by atoms with Gasteiger partial charge in [0, 0.05) is 0 Å². The first-order valence-corrected chi connectivity index (χ1v) is 3.08. The Balaban J connectivity index is 0. The van der Waals surface area contributed by atoms with Crippen LogP contribution in [0.5, 0.6) is 0 Å². The van der Waals surface area contributed by atoms with Crippen molar-refractivity contribution in [1.82, 2.24) is 0 Å². The van der Waals surface area contributed by atoms with Gasteiger partial charge in [-0.1, -0.05) is 24.3 Å². The van der Waals surface area contributed by atoms with Crippen LogP contribution in [0.3, 0.4) is 0 Å². The molecule has 0 spiro atoms. The largest absolute Gasteiger partial charge is 0.392 e. The molecule has 0 heterocycles. The fraction of sp³-hybridized carbons (Fsp3) is 0.286. The zero-order chi connectivity index (χ0) is 9.11. The molecule has 4 nitrogen and oxygen atoms in total. The molecule has 0 aliphatic rings. The summed E-state index contributed by atoms with van der Waals surface area (Å²) in [7, 11) is 0. The van der Waals surface area contributed by atoms with E-state index in [1.165, 1.54) is 0 Å². The molecule has 0 unspecified atom stereocenters. The lowest BCUT2D eigenvalue weighted by atomic mass is 10.4. The summed E-state index contributed by atoms with van der Waals surface area (Å²) in [6.07, 6.45) is 7.27. The van der Waals surface area contributed by atoms with Crippen molar-refractivity contribution in [2.75, 3.05) is 6.61 Å². The molecule has 0 saturated carbocycles. The molecular weight excluding hydrogens is 144 g/mol. The Morgan fingerprint density at radius 1 is 1.45 bits per heavy atom. The number of hydrogen-bond acceptors (Lipinski definition) is 2. The number of carbonyl (C=O) groups excluding carboxylic acids is 1. The van der Waals surface area contributed by atoms with E-state index in [1.54, 1.807) is 12.2 Å². The lowest BCUT2D eigenvalue weighted by molar-refractivity contribution is 0.256. The Kier molecular flexibility index (Phi) is 13.0. The van der Waals surface area contributed by atoms with Crippen LogP contribution in [0.1, 0.15) is 6.92 Å². The first kappa shape index (κ1) is 12.4. The zero-order valence-corrected chi connectivity index (χ0v) is 6.53. The summed E-state index contributed by atoms with van der Waals surface area (Å²) in [5.74, 6) is 0. The summed E-state index contributed by atoms with van der Waals surface area (Å²) < 4.78 is 0. The molecule has 11 heavy (non-hydrogen) atoms. The van der Waals surface area contributed by atoms with Crippen molar-refractivity contribution in [3.8, 4) is 0 Å². The lowest BCUT2D eigenvalue weighted by Gasteiger charge is -1.70. The zero-order valence-electron chi connectivity index (χ0n) is 6.53. The van der Waals surface area contributed by atoms with Crippen LogP contribution < -0.4 is 11.5 Å². The number of aliphatic hydroxyl groups is 1. The third-order valence-corrected chi connectivity index (χ3v) is 0.545. The van der Waals surface area contributed by atoms with Crippen LogP contribution in [0.15, 0.2) is 24.3 Å². The summed E-state index contributed by atoms with van der Waals surface area (Å²) in [5.41, 5.74) is 8.50. The number of aliphatic hydroxyl groups excluding tert-OH is 1. The normalized spacial score (nSPS) is 9.64. The molecule has 0 atom stereocenters. The first-order valence-electron chi connectivity index (χ1n) is 3.08. The molecule has 0 aromatic heterocycles. The van der Waals surface area contributed by atoms with Gasteiger partial charge in [-0.2, -0.15) is 0 Å². The van der Waals surface area contributed by atoms with Gasteiger partial charge in [-0.25, -0.2) is 4.79 Å². The molecule has 0 bridgehead atoms. The van der Waals surface area contributed by atoms with Gasteiger partial charge in [0.05, 0.1) is 6.61 Å². The third-order valence-electron chi connectivity index (χ3n) is 0.545. The van der Waals surface area contributed by atoms with Crippen molar-refractivity contribution in [3.05, 3.63) is 24.3 Å². The van der Waals surface area contributed by atoms with Crippen LogP contribution in [0.4, 0.5) is 4.79 Å². The molecule has 0 aliphatic heterocycles. The highest BCUT2D eigenvalue weighted by Crippen LogP contribution is 1.72. The maximum Gasteiger partial charge on any atom is 0.309 e. The number of allylic oxidation sites excluding steroid dienone is 3. The van der Waals surface area contributed by atoms with Gasteiger partial charge in [-0.3, -0.25) is 0 Å². The van der Waals surface area contributed by atoms with Crippen molar-refractivity contribution in [1.29, 1.82) is 0 Å². The van der Waals surface area contributed by atoms with E-state index in [1.807, 2.05) is 19.1 Å². The van der Waals surface area contributed by atoms with Crippen molar-refractivity contribution in [3.63, 3.8) is 0 Å². The second kappa shape index (κ2) is 11.5. The van der Waals surface area contributed by atoms with Gasteiger partial charge in [0.2, 0.25) is 0 Å². The smallest absolute Gasteiger partial charge is 0.309 e. The molecule has 0 aliphatic carbocycles. The van der Waals surface area contributed by atoms with Crippen molar-refractivity contribution >= 4 is 6.03 Å². The van der Waals surface area contributed by atoms with E-state index in [-0.39, 0.29) is 6.61 Å². The van der Waals surface area contributed by atoms with Gasteiger partial charge >= 0.3 is 6.03 Å². The summed E-state index contributed by atoms with van der Waals surface area (Å²) >= 11 is 0. The highest BCUT2D eigenvalue weighted by atomic mass is 16.2. The van der Waals surface area contributed by atoms with Gasteiger partial charge in [0.15, 0.2) is 0 Å². The maximum atomic E-state index is 9.00. The monoisotopic (exact) mass is 158 g/mol. The van der Waals surface area contributed by atoms with E-state index < -0.39 is 6.03 Å². The fourth-order valence-corrected chi connectivity index (χ4v) is 0.251. The highest BCUT2D eigenvalue weighted by molar-refractivity contribution is 5.69. The Bertz CT molecular complexity index is 137. The van der Waals surface area contributed by atoms with Gasteiger partial charge in [0.25, 0.3) is 0 Å². The van der Waals surface area contributed by atoms with Crippen molar-refractivity contribution in [2.45, 2.75) is 6.92 Å². The number of hydrogen-bond donors (Lipinski definition) is 3. The van der Waals surface area contributed by atoms with Gasteiger partial charge in [0.1, 0.15) is 0 Å².